The highest BCUT2D eigenvalue weighted by Gasteiger charge is 2.32. The van der Waals surface area contributed by atoms with Crippen LogP contribution in [0.4, 0.5) is 5.69 Å². The van der Waals surface area contributed by atoms with Gasteiger partial charge in [-0.25, -0.2) is 0 Å². The fourth-order valence-corrected chi connectivity index (χ4v) is 5.43. The molecule has 4 aromatic carbocycles. The summed E-state index contributed by atoms with van der Waals surface area (Å²) in [6.07, 6.45) is 8.96. The molecule has 0 saturated heterocycles. The zero-order chi connectivity index (χ0) is 19.7. The molecule has 2 aliphatic rings. The van der Waals surface area contributed by atoms with E-state index in [1.165, 1.54) is 49.5 Å². The van der Waals surface area contributed by atoms with E-state index in [1.807, 2.05) is 0 Å². The molecule has 7 rings (SSSR count). The second-order valence-electron chi connectivity index (χ2n) is 8.24. The summed E-state index contributed by atoms with van der Waals surface area (Å²) in [5, 5.41) is 9.10. The van der Waals surface area contributed by atoms with Gasteiger partial charge in [-0.1, -0.05) is 72.8 Å². The molecule has 1 aliphatic carbocycles. The Morgan fingerprint density at radius 3 is 2.40 bits per heavy atom. The average Bonchev–Trinajstić information content (AvgIpc) is 3.35. The van der Waals surface area contributed by atoms with Gasteiger partial charge in [0.1, 0.15) is 0 Å². The molecule has 0 saturated carbocycles. The molecule has 5 aromatic rings. The Hall–Kier alpha value is -3.78. The van der Waals surface area contributed by atoms with Crippen LogP contribution < -0.4 is 5.32 Å². The zero-order valence-electron chi connectivity index (χ0n) is 16.4. The molecule has 2 unspecified atom stereocenters. The van der Waals surface area contributed by atoms with E-state index < -0.39 is 0 Å². The zero-order valence-corrected chi connectivity index (χ0v) is 16.4. The molecule has 1 aromatic heterocycles. The number of fused-ring (bicyclic) bond motifs is 9. The summed E-state index contributed by atoms with van der Waals surface area (Å²) in [5.74, 6) is 0.373. The quantitative estimate of drug-likeness (QED) is 0.331. The minimum Gasteiger partial charge on any atom is -0.378 e. The Morgan fingerprint density at radius 2 is 1.47 bits per heavy atom. The number of rotatable bonds is 1. The van der Waals surface area contributed by atoms with Crippen LogP contribution in [-0.2, 0) is 0 Å². The van der Waals surface area contributed by atoms with Crippen molar-refractivity contribution < 1.29 is 0 Å². The summed E-state index contributed by atoms with van der Waals surface area (Å²) in [4.78, 5) is 0. The number of anilines is 1. The molecule has 2 heterocycles. The third kappa shape index (κ3) is 2.03. The van der Waals surface area contributed by atoms with E-state index in [2.05, 4.69) is 113 Å². The standard InChI is InChI=1S/C28H20N2/c1-2-8-19(9-3-1)30-24-13-7-5-11-21(24)28-25(30)17-15-18-14-16-23-27(26(18)28)20-10-4-6-12-22(20)29-23/h1-17,20,22,29H. The maximum absolute atomic E-state index is 3.73. The fraction of sp³-hybridized carbons (Fsp3) is 0.0714. The number of hydrogen-bond acceptors (Lipinski definition) is 1. The Morgan fingerprint density at radius 1 is 0.667 bits per heavy atom. The molecule has 1 aliphatic heterocycles. The highest BCUT2D eigenvalue weighted by atomic mass is 15.0. The molecule has 0 radical (unpaired) electrons. The number of para-hydroxylation sites is 2. The van der Waals surface area contributed by atoms with Crippen LogP contribution >= 0.6 is 0 Å². The van der Waals surface area contributed by atoms with Crippen molar-refractivity contribution in [3.63, 3.8) is 0 Å². The van der Waals surface area contributed by atoms with Crippen molar-refractivity contribution in [2.24, 2.45) is 0 Å². The SMILES string of the molecule is C1=CC2Nc3ccc4ccc5c(c6ccccc6n5-c5ccccc5)c4c3C2C=C1. The first-order valence-corrected chi connectivity index (χ1v) is 10.6. The van der Waals surface area contributed by atoms with Gasteiger partial charge in [0.05, 0.1) is 17.1 Å². The lowest BCUT2D eigenvalue weighted by Crippen LogP contribution is -2.17. The van der Waals surface area contributed by atoms with Gasteiger partial charge in [-0.15, -0.1) is 0 Å². The summed E-state index contributed by atoms with van der Waals surface area (Å²) in [5.41, 5.74) is 6.41. The Kier molecular flexibility index (Phi) is 3.14. The molecule has 30 heavy (non-hydrogen) atoms. The molecular formula is C28H20N2. The van der Waals surface area contributed by atoms with E-state index in [4.69, 9.17) is 0 Å². The summed E-state index contributed by atoms with van der Waals surface area (Å²) in [7, 11) is 0. The van der Waals surface area contributed by atoms with Crippen LogP contribution in [0.15, 0.2) is 103 Å². The van der Waals surface area contributed by atoms with Crippen molar-refractivity contribution in [2.75, 3.05) is 5.32 Å². The topological polar surface area (TPSA) is 17.0 Å². The van der Waals surface area contributed by atoms with Gasteiger partial charge in [-0.3, -0.25) is 0 Å². The van der Waals surface area contributed by atoms with Crippen LogP contribution in [-0.4, -0.2) is 10.6 Å². The van der Waals surface area contributed by atoms with Gasteiger partial charge in [0.2, 0.25) is 0 Å². The van der Waals surface area contributed by atoms with Crippen LogP contribution in [0, 0.1) is 0 Å². The number of aromatic nitrogens is 1. The van der Waals surface area contributed by atoms with Crippen LogP contribution in [0.3, 0.4) is 0 Å². The lowest BCUT2D eigenvalue weighted by Gasteiger charge is -2.17. The summed E-state index contributed by atoms with van der Waals surface area (Å²) in [6.45, 7) is 0. The average molecular weight is 384 g/mol. The highest BCUT2D eigenvalue weighted by molar-refractivity contribution is 6.23. The van der Waals surface area contributed by atoms with Crippen molar-refractivity contribution in [1.29, 1.82) is 0 Å². The van der Waals surface area contributed by atoms with Crippen molar-refractivity contribution in [3.05, 3.63) is 109 Å². The predicted octanol–water partition coefficient (Wildman–Crippen LogP) is 6.94. The third-order valence-corrected chi connectivity index (χ3v) is 6.66. The van der Waals surface area contributed by atoms with Crippen LogP contribution in [0.2, 0.25) is 0 Å². The van der Waals surface area contributed by atoms with Crippen molar-refractivity contribution in [2.45, 2.75) is 12.0 Å². The minimum absolute atomic E-state index is 0.341. The number of hydrogen-bond donors (Lipinski definition) is 1. The Balaban J connectivity index is 1.69. The molecule has 2 atom stereocenters. The first-order valence-electron chi connectivity index (χ1n) is 10.6. The monoisotopic (exact) mass is 384 g/mol. The first-order chi connectivity index (χ1) is 14.9. The van der Waals surface area contributed by atoms with Gasteiger partial charge < -0.3 is 9.88 Å². The molecular weight excluding hydrogens is 364 g/mol. The van der Waals surface area contributed by atoms with E-state index in [9.17, 15) is 0 Å². The smallest absolute Gasteiger partial charge is 0.0552 e. The fourth-order valence-electron chi connectivity index (χ4n) is 5.43. The summed E-state index contributed by atoms with van der Waals surface area (Å²) in [6, 6.07) is 28.9. The predicted molar refractivity (Wildman–Crippen MR) is 127 cm³/mol. The maximum Gasteiger partial charge on any atom is 0.0552 e. The maximum atomic E-state index is 3.73. The van der Waals surface area contributed by atoms with Crippen molar-refractivity contribution in [1.82, 2.24) is 4.57 Å². The van der Waals surface area contributed by atoms with Gasteiger partial charge in [0.25, 0.3) is 0 Å². The largest absolute Gasteiger partial charge is 0.378 e. The van der Waals surface area contributed by atoms with Crippen LogP contribution in [0.1, 0.15) is 11.5 Å². The van der Waals surface area contributed by atoms with Crippen LogP contribution in [0.5, 0.6) is 0 Å². The summed E-state index contributed by atoms with van der Waals surface area (Å²) >= 11 is 0. The van der Waals surface area contributed by atoms with E-state index in [0.29, 0.717) is 12.0 Å². The second-order valence-corrected chi connectivity index (χ2v) is 8.24. The lowest BCUT2D eigenvalue weighted by molar-refractivity contribution is 0.810. The second kappa shape index (κ2) is 5.87. The molecule has 2 heteroatoms. The van der Waals surface area contributed by atoms with Crippen molar-refractivity contribution in [3.8, 4) is 5.69 Å². The number of nitrogens with zero attached hydrogens (tertiary/aromatic N) is 1. The lowest BCUT2D eigenvalue weighted by atomic mass is 9.87. The van der Waals surface area contributed by atoms with Gasteiger partial charge >= 0.3 is 0 Å². The molecule has 0 spiro atoms. The third-order valence-electron chi connectivity index (χ3n) is 6.66. The van der Waals surface area contributed by atoms with E-state index in [1.54, 1.807) is 0 Å². The van der Waals surface area contributed by atoms with E-state index >= 15 is 0 Å². The number of allylic oxidation sites excluding steroid dienone is 2. The van der Waals surface area contributed by atoms with E-state index in [-0.39, 0.29) is 0 Å². The molecule has 0 amide bonds. The van der Waals surface area contributed by atoms with Gasteiger partial charge in [0, 0.05) is 28.1 Å². The normalized spacial score (nSPS) is 19.3. The molecule has 142 valence electrons. The minimum atomic E-state index is 0.341. The summed E-state index contributed by atoms with van der Waals surface area (Å²) < 4.78 is 2.40. The van der Waals surface area contributed by atoms with Crippen LogP contribution in [0.25, 0.3) is 38.3 Å². The molecule has 2 nitrogen and oxygen atoms in total. The first kappa shape index (κ1) is 16.1. The Bertz CT molecular complexity index is 1520. The molecule has 1 N–H and O–H groups in total. The van der Waals surface area contributed by atoms with Crippen molar-refractivity contribution >= 4 is 38.3 Å². The molecule has 0 fully saturated rings. The highest BCUT2D eigenvalue weighted by Crippen LogP contribution is 2.47. The number of benzene rings is 4. The van der Waals surface area contributed by atoms with Gasteiger partial charge in [0.15, 0.2) is 0 Å². The number of nitrogens with one attached hydrogen (secondary N) is 1. The van der Waals surface area contributed by atoms with Gasteiger partial charge in [-0.2, -0.15) is 0 Å². The van der Waals surface area contributed by atoms with E-state index in [0.717, 1.165) is 0 Å². The Labute approximate surface area is 174 Å². The van der Waals surface area contributed by atoms with Gasteiger partial charge in [-0.05, 0) is 46.7 Å². The molecule has 0 bridgehead atoms.